The van der Waals surface area contributed by atoms with Crippen LogP contribution in [0.25, 0.3) is 33.5 Å². The zero-order chi connectivity index (χ0) is 24.6. The summed E-state index contributed by atoms with van der Waals surface area (Å²) in [5, 5.41) is 0. The molecule has 35 heavy (non-hydrogen) atoms. The topological polar surface area (TPSA) is 141 Å². The van der Waals surface area contributed by atoms with Crippen LogP contribution >= 0.6 is 0 Å². The standard InChI is InChI=1S/C26H20N4O4S/c27-18-5-1-16(2-6-18)25-26(17-3-7-19(28)8-4-17)30-24-15-21(11-14-23(24)29-25)34-20-9-12-22(13-10-20)35(31,32)33/h1-15H,27-28H2,(H,31,32,33). The van der Waals surface area contributed by atoms with E-state index in [9.17, 15) is 8.42 Å². The molecule has 9 heteroatoms. The van der Waals surface area contributed by atoms with Gasteiger partial charge in [-0.3, -0.25) is 4.55 Å². The minimum atomic E-state index is -4.27. The molecule has 0 amide bonds. The molecular weight excluding hydrogens is 464 g/mol. The molecule has 174 valence electrons. The molecular formula is C26H20N4O4S. The van der Waals surface area contributed by atoms with Crippen molar-refractivity contribution >= 4 is 32.5 Å². The van der Waals surface area contributed by atoms with Crippen molar-refractivity contribution in [3.8, 4) is 34.0 Å². The van der Waals surface area contributed by atoms with E-state index >= 15 is 0 Å². The molecule has 0 radical (unpaired) electrons. The Morgan fingerprint density at radius 1 is 0.629 bits per heavy atom. The van der Waals surface area contributed by atoms with Crippen LogP contribution < -0.4 is 16.2 Å². The van der Waals surface area contributed by atoms with Gasteiger partial charge >= 0.3 is 0 Å². The molecule has 5 aromatic rings. The average Bonchev–Trinajstić information content (AvgIpc) is 2.84. The minimum absolute atomic E-state index is 0.211. The van der Waals surface area contributed by atoms with Crippen molar-refractivity contribution in [2.24, 2.45) is 0 Å². The van der Waals surface area contributed by atoms with Gasteiger partial charge in [0.15, 0.2) is 0 Å². The Labute approximate surface area is 201 Å². The van der Waals surface area contributed by atoms with Gasteiger partial charge in [-0.25, -0.2) is 9.97 Å². The van der Waals surface area contributed by atoms with E-state index in [1.165, 1.54) is 24.3 Å². The Kier molecular flexibility index (Phi) is 5.56. The smallest absolute Gasteiger partial charge is 0.294 e. The molecule has 8 nitrogen and oxygen atoms in total. The van der Waals surface area contributed by atoms with Crippen molar-refractivity contribution in [3.05, 3.63) is 91.0 Å². The molecule has 0 unspecified atom stereocenters. The number of nitrogens with two attached hydrogens (primary N) is 2. The first kappa shape index (κ1) is 22.3. The van der Waals surface area contributed by atoms with Crippen LogP contribution in [0.15, 0.2) is 95.9 Å². The third-order valence-electron chi connectivity index (χ3n) is 5.36. The normalized spacial score (nSPS) is 11.5. The van der Waals surface area contributed by atoms with Crippen LogP contribution in [-0.4, -0.2) is 22.9 Å². The van der Waals surface area contributed by atoms with Crippen molar-refractivity contribution in [3.63, 3.8) is 0 Å². The first-order valence-electron chi connectivity index (χ1n) is 10.6. The Balaban J connectivity index is 1.58. The Morgan fingerprint density at radius 2 is 1.11 bits per heavy atom. The Morgan fingerprint density at radius 3 is 1.63 bits per heavy atom. The number of nitrogens with zero attached hydrogens (tertiary/aromatic N) is 2. The number of anilines is 2. The maximum atomic E-state index is 11.2. The molecule has 0 saturated heterocycles. The van der Waals surface area contributed by atoms with Gasteiger partial charge in [-0.2, -0.15) is 8.42 Å². The summed E-state index contributed by atoms with van der Waals surface area (Å²) in [6.07, 6.45) is 0. The van der Waals surface area contributed by atoms with Crippen LogP contribution in [0.1, 0.15) is 0 Å². The number of nitrogen functional groups attached to an aromatic ring is 2. The largest absolute Gasteiger partial charge is 0.457 e. The van der Waals surface area contributed by atoms with Crippen LogP contribution in [0, 0.1) is 0 Å². The molecule has 0 atom stereocenters. The average molecular weight is 485 g/mol. The third-order valence-corrected chi connectivity index (χ3v) is 6.23. The second kappa shape index (κ2) is 8.71. The lowest BCUT2D eigenvalue weighted by molar-refractivity contribution is 0.478. The van der Waals surface area contributed by atoms with E-state index in [1.54, 1.807) is 18.2 Å². The summed E-state index contributed by atoms with van der Waals surface area (Å²) in [6, 6.07) is 25.6. The molecule has 0 aliphatic heterocycles. The molecule has 5 rings (SSSR count). The third kappa shape index (κ3) is 4.77. The second-order valence-electron chi connectivity index (χ2n) is 7.86. The molecule has 1 aromatic heterocycles. The fourth-order valence-electron chi connectivity index (χ4n) is 3.60. The molecule has 0 fully saturated rings. The van der Waals surface area contributed by atoms with Crippen LogP contribution in [0.4, 0.5) is 11.4 Å². The summed E-state index contributed by atoms with van der Waals surface area (Å²) in [5.41, 5.74) is 17.4. The Hall–Kier alpha value is -4.47. The number of hydrogen-bond donors (Lipinski definition) is 3. The van der Waals surface area contributed by atoms with Crippen LogP contribution in [0.2, 0.25) is 0 Å². The number of hydrogen-bond acceptors (Lipinski definition) is 7. The highest BCUT2D eigenvalue weighted by atomic mass is 32.2. The summed E-state index contributed by atoms with van der Waals surface area (Å²) < 4.78 is 37.5. The molecule has 5 N–H and O–H groups in total. The molecule has 0 spiro atoms. The van der Waals surface area contributed by atoms with E-state index < -0.39 is 10.1 Å². The van der Waals surface area contributed by atoms with E-state index in [2.05, 4.69) is 0 Å². The van der Waals surface area contributed by atoms with Crippen molar-refractivity contribution in [2.75, 3.05) is 11.5 Å². The molecule has 1 heterocycles. The summed E-state index contributed by atoms with van der Waals surface area (Å²) in [6.45, 7) is 0. The van der Waals surface area contributed by atoms with E-state index in [0.29, 0.717) is 45.3 Å². The van der Waals surface area contributed by atoms with E-state index in [0.717, 1.165) is 11.1 Å². The Bertz CT molecular complexity index is 1640. The van der Waals surface area contributed by atoms with Crippen molar-refractivity contribution in [1.29, 1.82) is 0 Å². The predicted molar refractivity (Wildman–Crippen MR) is 136 cm³/mol. The molecule has 0 bridgehead atoms. The second-order valence-corrected chi connectivity index (χ2v) is 9.29. The maximum Gasteiger partial charge on any atom is 0.294 e. The maximum absolute atomic E-state index is 11.2. The van der Waals surface area contributed by atoms with Gasteiger partial charge in [0.1, 0.15) is 11.5 Å². The first-order chi connectivity index (χ1) is 16.8. The summed E-state index contributed by atoms with van der Waals surface area (Å²) in [5.74, 6) is 0.900. The summed E-state index contributed by atoms with van der Waals surface area (Å²) in [7, 11) is -4.27. The summed E-state index contributed by atoms with van der Waals surface area (Å²) in [4.78, 5) is 9.56. The van der Waals surface area contributed by atoms with Gasteiger partial charge < -0.3 is 16.2 Å². The SMILES string of the molecule is Nc1ccc(-c2nc3ccc(Oc4ccc(S(=O)(=O)O)cc4)cc3nc2-c2ccc(N)cc2)cc1. The lowest BCUT2D eigenvalue weighted by Gasteiger charge is -2.12. The number of aromatic nitrogens is 2. The monoisotopic (exact) mass is 484 g/mol. The first-order valence-corrected chi connectivity index (χ1v) is 12.0. The van der Waals surface area contributed by atoms with Crippen molar-refractivity contribution < 1.29 is 17.7 Å². The van der Waals surface area contributed by atoms with Gasteiger partial charge in [-0.1, -0.05) is 24.3 Å². The van der Waals surface area contributed by atoms with Crippen molar-refractivity contribution in [2.45, 2.75) is 4.90 Å². The lowest BCUT2D eigenvalue weighted by Crippen LogP contribution is -1.98. The van der Waals surface area contributed by atoms with Crippen LogP contribution in [0.3, 0.4) is 0 Å². The van der Waals surface area contributed by atoms with Gasteiger partial charge in [-0.05, 0) is 60.7 Å². The van der Waals surface area contributed by atoms with E-state index in [4.69, 9.17) is 30.7 Å². The molecule has 4 aromatic carbocycles. The van der Waals surface area contributed by atoms with Crippen molar-refractivity contribution in [1.82, 2.24) is 9.97 Å². The summed E-state index contributed by atoms with van der Waals surface area (Å²) >= 11 is 0. The van der Waals surface area contributed by atoms with Gasteiger partial charge in [0.05, 0.1) is 27.3 Å². The highest BCUT2D eigenvalue weighted by Gasteiger charge is 2.15. The zero-order valence-corrected chi connectivity index (χ0v) is 19.1. The van der Waals surface area contributed by atoms with Gasteiger partial charge in [0.2, 0.25) is 0 Å². The van der Waals surface area contributed by atoms with Gasteiger partial charge in [0.25, 0.3) is 10.1 Å². The minimum Gasteiger partial charge on any atom is -0.457 e. The zero-order valence-electron chi connectivity index (χ0n) is 18.3. The van der Waals surface area contributed by atoms with E-state index in [-0.39, 0.29) is 4.90 Å². The number of ether oxygens (including phenoxy) is 1. The van der Waals surface area contributed by atoms with Gasteiger partial charge in [0, 0.05) is 28.6 Å². The fourth-order valence-corrected chi connectivity index (χ4v) is 4.08. The molecule has 0 aliphatic carbocycles. The quantitative estimate of drug-likeness (QED) is 0.229. The van der Waals surface area contributed by atoms with E-state index in [1.807, 2.05) is 48.5 Å². The van der Waals surface area contributed by atoms with Crippen LogP contribution in [0.5, 0.6) is 11.5 Å². The highest BCUT2D eigenvalue weighted by Crippen LogP contribution is 2.33. The fraction of sp³-hybridized carbons (Fsp3) is 0. The number of rotatable bonds is 5. The molecule has 0 saturated carbocycles. The highest BCUT2D eigenvalue weighted by molar-refractivity contribution is 7.85. The van der Waals surface area contributed by atoms with Gasteiger partial charge in [-0.15, -0.1) is 0 Å². The van der Waals surface area contributed by atoms with Crippen LogP contribution in [-0.2, 0) is 10.1 Å². The number of fused-ring (bicyclic) bond motifs is 1. The number of benzene rings is 4. The lowest BCUT2D eigenvalue weighted by atomic mass is 10.0. The molecule has 0 aliphatic rings. The predicted octanol–water partition coefficient (Wildman–Crippen LogP) is 5.17.